The minimum atomic E-state index is -3.22. The zero-order valence-electron chi connectivity index (χ0n) is 21.0. The van der Waals surface area contributed by atoms with Crippen molar-refractivity contribution in [3.05, 3.63) is 137 Å². The fraction of sp³-hybridized carbons (Fsp3) is 0.118. The van der Waals surface area contributed by atoms with Crippen molar-refractivity contribution in [2.45, 2.75) is 27.2 Å². The molecule has 5 aromatic rings. The van der Waals surface area contributed by atoms with Gasteiger partial charge in [0.1, 0.15) is 0 Å². The number of rotatable bonds is 4. The predicted octanol–water partition coefficient (Wildman–Crippen LogP) is 7.49. The summed E-state index contributed by atoms with van der Waals surface area (Å²) in [4.78, 5) is 0. The lowest BCUT2D eigenvalue weighted by molar-refractivity contribution is 0.592. The molecule has 1 aliphatic carbocycles. The van der Waals surface area contributed by atoms with E-state index in [0.29, 0.717) is 0 Å². The van der Waals surface area contributed by atoms with Crippen LogP contribution >= 0.6 is 7.14 Å². The van der Waals surface area contributed by atoms with Crippen molar-refractivity contribution < 1.29 is 4.57 Å². The van der Waals surface area contributed by atoms with Gasteiger partial charge < -0.3 is 4.57 Å². The molecule has 0 saturated heterocycles. The normalized spacial score (nSPS) is 13.6. The highest BCUT2D eigenvalue weighted by Crippen LogP contribution is 2.50. The maximum absolute atomic E-state index is 15.9. The predicted molar refractivity (Wildman–Crippen MR) is 154 cm³/mol. The summed E-state index contributed by atoms with van der Waals surface area (Å²) in [7, 11) is -3.22. The molecule has 2 heteroatoms. The lowest BCUT2D eigenvalue weighted by atomic mass is 9.94. The van der Waals surface area contributed by atoms with E-state index in [1.165, 1.54) is 38.9 Å². The molecule has 0 bridgehead atoms. The van der Waals surface area contributed by atoms with Crippen LogP contribution in [0.15, 0.2) is 109 Å². The van der Waals surface area contributed by atoms with Gasteiger partial charge in [0.25, 0.3) is 0 Å². The molecule has 1 unspecified atom stereocenters. The van der Waals surface area contributed by atoms with Crippen LogP contribution in [0.4, 0.5) is 0 Å². The summed E-state index contributed by atoms with van der Waals surface area (Å²) in [5.74, 6) is 0. The number of hydrogen-bond donors (Lipinski definition) is 0. The molecule has 0 fully saturated rings. The molecule has 0 aromatic heterocycles. The van der Waals surface area contributed by atoms with E-state index >= 15 is 4.57 Å². The van der Waals surface area contributed by atoms with E-state index in [1.807, 2.05) is 36.4 Å². The Morgan fingerprint density at radius 2 is 1.25 bits per heavy atom. The summed E-state index contributed by atoms with van der Waals surface area (Å²) in [5, 5.41) is 2.78. The summed E-state index contributed by atoms with van der Waals surface area (Å²) < 4.78 is 15.9. The molecule has 1 aliphatic rings. The Balaban J connectivity index is 1.73. The fourth-order valence-electron chi connectivity index (χ4n) is 5.76. The first kappa shape index (κ1) is 22.8. The third kappa shape index (κ3) is 3.42. The van der Waals surface area contributed by atoms with Gasteiger partial charge >= 0.3 is 0 Å². The molecule has 6 rings (SSSR count). The molecular weight excluding hydrogens is 455 g/mol. The number of aryl methyl sites for hydroxylation is 1. The second-order valence-electron chi connectivity index (χ2n) is 9.79. The lowest BCUT2D eigenvalue weighted by Gasteiger charge is -2.27. The van der Waals surface area contributed by atoms with Crippen molar-refractivity contribution in [2.75, 3.05) is 0 Å². The van der Waals surface area contributed by atoms with Crippen molar-refractivity contribution in [1.82, 2.24) is 0 Å². The first-order chi connectivity index (χ1) is 17.5. The standard InChI is InChI=1S/C34H29OP/c1-23-21-33(34(25(3)24(23)2)26-13-6-4-7-14-26)36(35,28-16-8-5-9-17-28)32-20-12-19-30-29-18-11-10-15-27(29)22-31(30)32/h4-21H,22H2,1-3H3. The first-order valence-corrected chi connectivity index (χ1v) is 14.2. The van der Waals surface area contributed by atoms with E-state index in [1.54, 1.807) is 0 Å². The molecular formula is C34H29OP. The molecule has 1 atom stereocenters. The minimum Gasteiger partial charge on any atom is -0.309 e. The summed E-state index contributed by atoms with van der Waals surface area (Å²) >= 11 is 0. The highest BCUT2D eigenvalue weighted by molar-refractivity contribution is 7.85. The fourth-order valence-corrected chi connectivity index (χ4v) is 9.03. The van der Waals surface area contributed by atoms with Crippen LogP contribution in [-0.4, -0.2) is 0 Å². The molecule has 36 heavy (non-hydrogen) atoms. The molecule has 1 nitrogen and oxygen atoms in total. The third-order valence-corrected chi connectivity index (χ3v) is 11.0. The summed E-state index contributed by atoms with van der Waals surface area (Å²) in [6.07, 6.45) is 0.809. The van der Waals surface area contributed by atoms with Gasteiger partial charge in [-0.15, -0.1) is 0 Å². The Labute approximate surface area is 213 Å². The van der Waals surface area contributed by atoms with Gasteiger partial charge in [-0.05, 0) is 83.3 Å². The Bertz CT molecular complexity index is 1650. The Morgan fingerprint density at radius 1 is 0.611 bits per heavy atom. The van der Waals surface area contributed by atoms with Crippen molar-refractivity contribution >= 4 is 23.1 Å². The van der Waals surface area contributed by atoms with Crippen molar-refractivity contribution in [3.8, 4) is 22.3 Å². The molecule has 0 spiro atoms. The van der Waals surface area contributed by atoms with Crippen LogP contribution in [0, 0.1) is 20.8 Å². The molecule has 5 aromatic carbocycles. The molecule has 0 heterocycles. The molecule has 0 aliphatic heterocycles. The topological polar surface area (TPSA) is 17.1 Å². The number of benzene rings is 5. The van der Waals surface area contributed by atoms with Gasteiger partial charge in [-0.1, -0.05) is 103 Å². The summed E-state index contributed by atoms with van der Waals surface area (Å²) in [5.41, 5.74) is 10.8. The van der Waals surface area contributed by atoms with Crippen LogP contribution in [0.1, 0.15) is 27.8 Å². The van der Waals surface area contributed by atoms with Crippen LogP contribution in [0.3, 0.4) is 0 Å². The van der Waals surface area contributed by atoms with Gasteiger partial charge in [0.2, 0.25) is 0 Å². The Kier molecular flexibility index (Phi) is 5.55. The van der Waals surface area contributed by atoms with Gasteiger partial charge in [-0.2, -0.15) is 0 Å². The smallest absolute Gasteiger partial charge is 0.171 e. The Hall–Kier alpha value is -3.67. The maximum atomic E-state index is 15.9. The largest absolute Gasteiger partial charge is 0.309 e. The van der Waals surface area contributed by atoms with Crippen molar-refractivity contribution in [3.63, 3.8) is 0 Å². The lowest BCUT2D eigenvalue weighted by Crippen LogP contribution is -2.29. The molecule has 0 amide bonds. The minimum absolute atomic E-state index is 0.809. The van der Waals surface area contributed by atoms with E-state index in [-0.39, 0.29) is 0 Å². The van der Waals surface area contributed by atoms with Gasteiger partial charge in [0, 0.05) is 15.9 Å². The number of fused-ring (bicyclic) bond motifs is 3. The third-order valence-electron chi connectivity index (χ3n) is 7.83. The van der Waals surface area contributed by atoms with Crippen molar-refractivity contribution in [2.24, 2.45) is 0 Å². The zero-order valence-corrected chi connectivity index (χ0v) is 21.8. The summed E-state index contributed by atoms with van der Waals surface area (Å²) in [6, 6.07) is 37.7. The second kappa shape index (κ2) is 8.77. The van der Waals surface area contributed by atoms with E-state index in [0.717, 1.165) is 33.5 Å². The highest BCUT2D eigenvalue weighted by Gasteiger charge is 2.37. The van der Waals surface area contributed by atoms with Gasteiger partial charge in [-0.3, -0.25) is 0 Å². The Morgan fingerprint density at radius 3 is 2.00 bits per heavy atom. The van der Waals surface area contributed by atoms with Crippen LogP contribution in [0.5, 0.6) is 0 Å². The van der Waals surface area contributed by atoms with Crippen LogP contribution in [0.2, 0.25) is 0 Å². The number of hydrogen-bond acceptors (Lipinski definition) is 1. The van der Waals surface area contributed by atoms with Gasteiger partial charge in [-0.25, -0.2) is 0 Å². The van der Waals surface area contributed by atoms with Crippen LogP contribution < -0.4 is 15.9 Å². The van der Waals surface area contributed by atoms with E-state index in [9.17, 15) is 0 Å². The highest BCUT2D eigenvalue weighted by atomic mass is 31.2. The molecule has 176 valence electrons. The van der Waals surface area contributed by atoms with E-state index < -0.39 is 7.14 Å². The van der Waals surface area contributed by atoms with E-state index in [4.69, 9.17) is 0 Å². The quantitative estimate of drug-likeness (QED) is 0.237. The van der Waals surface area contributed by atoms with Gasteiger partial charge in [0.05, 0.1) is 0 Å². The molecule has 0 N–H and O–H groups in total. The average Bonchev–Trinajstić information content (AvgIpc) is 3.31. The maximum Gasteiger partial charge on any atom is 0.171 e. The van der Waals surface area contributed by atoms with Crippen LogP contribution in [0.25, 0.3) is 22.3 Å². The second-order valence-corrected chi connectivity index (χ2v) is 12.5. The first-order valence-electron chi connectivity index (χ1n) is 12.5. The van der Waals surface area contributed by atoms with Gasteiger partial charge in [0.15, 0.2) is 7.14 Å². The molecule has 0 saturated carbocycles. The molecule has 0 radical (unpaired) electrons. The SMILES string of the molecule is Cc1cc(P(=O)(c2ccccc2)c2cccc3c2Cc2ccccc2-3)c(-c2ccccc2)c(C)c1C. The van der Waals surface area contributed by atoms with Crippen molar-refractivity contribution in [1.29, 1.82) is 0 Å². The monoisotopic (exact) mass is 484 g/mol. The summed E-state index contributed by atoms with van der Waals surface area (Å²) in [6.45, 7) is 6.49. The van der Waals surface area contributed by atoms with E-state index in [2.05, 4.69) is 93.6 Å². The zero-order chi connectivity index (χ0) is 24.9. The van der Waals surface area contributed by atoms with Crippen LogP contribution in [-0.2, 0) is 11.0 Å². The average molecular weight is 485 g/mol.